The maximum Gasteiger partial charge on any atom is 0.147 e. The Balaban J connectivity index is 2.07. The maximum absolute atomic E-state index is 5.28. The molecule has 0 aliphatic rings. The van der Waals surface area contributed by atoms with Crippen LogP contribution in [0.15, 0.2) is 33.5 Å². The van der Waals surface area contributed by atoms with Gasteiger partial charge in [-0.2, -0.15) is 5.10 Å². The van der Waals surface area contributed by atoms with Gasteiger partial charge in [0.05, 0.1) is 27.9 Å². The van der Waals surface area contributed by atoms with Crippen molar-refractivity contribution in [1.82, 2.24) is 9.78 Å². The van der Waals surface area contributed by atoms with Gasteiger partial charge >= 0.3 is 0 Å². The van der Waals surface area contributed by atoms with Crippen LogP contribution < -0.4 is 10.1 Å². The first kappa shape index (κ1) is 14.4. The van der Waals surface area contributed by atoms with Crippen molar-refractivity contribution >= 4 is 37.5 Å². The first-order valence-electron chi connectivity index (χ1n) is 5.92. The Kier molecular flexibility index (Phi) is 4.87. The average molecular weight is 389 g/mol. The molecule has 0 aliphatic heterocycles. The molecule has 19 heavy (non-hydrogen) atoms. The van der Waals surface area contributed by atoms with Crippen molar-refractivity contribution in [3.05, 3.63) is 39.0 Å². The molecule has 102 valence electrons. The van der Waals surface area contributed by atoms with Crippen LogP contribution in [0.5, 0.6) is 5.75 Å². The largest absolute Gasteiger partial charge is 0.494 e. The van der Waals surface area contributed by atoms with Crippen LogP contribution in [0.3, 0.4) is 0 Å². The molecule has 0 radical (unpaired) electrons. The van der Waals surface area contributed by atoms with E-state index in [1.165, 1.54) is 0 Å². The van der Waals surface area contributed by atoms with Gasteiger partial charge in [-0.3, -0.25) is 4.68 Å². The summed E-state index contributed by atoms with van der Waals surface area (Å²) in [5.41, 5.74) is 2.17. The number of hydrogen-bond acceptors (Lipinski definition) is 3. The van der Waals surface area contributed by atoms with E-state index >= 15 is 0 Å². The molecule has 0 fully saturated rings. The predicted molar refractivity (Wildman–Crippen MR) is 83.6 cm³/mol. The zero-order valence-corrected chi connectivity index (χ0v) is 14.0. The number of anilines is 1. The van der Waals surface area contributed by atoms with E-state index in [-0.39, 0.29) is 0 Å². The molecule has 1 aromatic heterocycles. The van der Waals surface area contributed by atoms with Gasteiger partial charge in [0.2, 0.25) is 0 Å². The monoisotopic (exact) mass is 387 g/mol. The highest BCUT2D eigenvalue weighted by molar-refractivity contribution is 9.11. The summed E-state index contributed by atoms with van der Waals surface area (Å²) < 4.78 is 9.05. The van der Waals surface area contributed by atoms with E-state index in [0.717, 1.165) is 39.0 Å². The van der Waals surface area contributed by atoms with Gasteiger partial charge in [-0.25, -0.2) is 0 Å². The second kappa shape index (κ2) is 6.43. The van der Waals surface area contributed by atoms with Gasteiger partial charge in [-0.1, -0.05) is 0 Å². The molecule has 0 saturated carbocycles. The number of aryl methyl sites for hydroxylation is 1. The van der Waals surface area contributed by atoms with Crippen molar-refractivity contribution in [2.75, 3.05) is 12.4 Å². The van der Waals surface area contributed by atoms with Crippen LogP contribution in [0.4, 0.5) is 5.69 Å². The summed E-state index contributed by atoms with van der Waals surface area (Å²) in [7, 11) is 1.65. The fraction of sp³-hybridized carbons (Fsp3) is 0.308. The Labute approximate surface area is 129 Å². The molecule has 2 aromatic rings. The van der Waals surface area contributed by atoms with Gasteiger partial charge in [-0.05, 0) is 56.5 Å². The third-order valence-electron chi connectivity index (χ3n) is 2.72. The van der Waals surface area contributed by atoms with Crippen LogP contribution in [0.2, 0.25) is 0 Å². The molecular weight excluding hydrogens is 374 g/mol. The number of rotatable bonds is 5. The Morgan fingerprint density at radius 2 is 2.00 bits per heavy atom. The van der Waals surface area contributed by atoms with Gasteiger partial charge < -0.3 is 10.1 Å². The zero-order valence-electron chi connectivity index (χ0n) is 10.8. The molecule has 0 saturated heterocycles. The van der Waals surface area contributed by atoms with Crippen LogP contribution in [-0.4, -0.2) is 16.9 Å². The third kappa shape index (κ3) is 3.51. The van der Waals surface area contributed by atoms with Crippen LogP contribution in [-0.2, 0) is 13.1 Å². The minimum atomic E-state index is 0.733. The summed E-state index contributed by atoms with van der Waals surface area (Å²) >= 11 is 7.00. The summed E-state index contributed by atoms with van der Waals surface area (Å²) in [5, 5.41) is 7.57. The molecule has 0 unspecified atom stereocenters. The Morgan fingerprint density at radius 1 is 1.32 bits per heavy atom. The fourth-order valence-electron chi connectivity index (χ4n) is 1.74. The Bertz CT molecular complexity index is 546. The van der Waals surface area contributed by atoms with Gasteiger partial charge in [0.15, 0.2) is 0 Å². The lowest BCUT2D eigenvalue weighted by Crippen LogP contribution is -1.99. The molecule has 1 heterocycles. The molecule has 0 spiro atoms. The van der Waals surface area contributed by atoms with E-state index in [4.69, 9.17) is 4.74 Å². The first-order chi connectivity index (χ1) is 9.13. The Hall–Kier alpha value is -1.01. The number of aromatic nitrogens is 2. The van der Waals surface area contributed by atoms with Crippen molar-refractivity contribution in [1.29, 1.82) is 0 Å². The molecule has 1 aromatic carbocycles. The molecule has 0 bridgehead atoms. The molecule has 1 N–H and O–H groups in total. The van der Waals surface area contributed by atoms with E-state index in [1.54, 1.807) is 7.11 Å². The third-order valence-corrected chi connectivity index (χ3v) is 3.89. The van der Waals surface area contributed by atoms with Crippen LogP contribution >= 0.6 is 31.9 Å². The lowest BCUT2D eigenvalue weighted by Gasteiger charge is -2.10. The second-order valence-electron chi connectivity index (χ2n) is 4.03. The van der Waals surface area contributed by atoms with E-state index in [2.05, 4.69) is 49.2 Å². The molecule has 0 atom stereocenters. The summed E-state index contributed by atoms with van der Waals surface area (Å²) in [6.07, 6.45) is 3.82. The molecule has 0 aliphatic carbocycles. The summed E-state index contributed by atoms with van der Waals surface area (Å²) in [6.45, 7) is 3.67. The molecule has 0 amide bonds. The summed E-state index contributed by atoms with van der Waals surface area (Å²) in [6, 6.07) is 4.08. The van der Waals surface area contributed by atoms with Crippen molar-refractivity contribution in [3.63, 3.8) is 0 Å². The summed E-state index contributed by atoms with van der Waals surface area (Å²) in [5.74, 6) is 0.808. The number of nitrogens with zero attached hydrogens (tertiary/aromatic N) is 2. The number of methoxy groups -OCH3 is 1. The van der Waals surface area contributed by atoms with Crippen molar-refractivity contribution in [3.8, 4) is 5.75 Å². The maximum atomic E-state index is 5.28. The summed E-state index contributed by atoms with van der Waals surface area (Å²) in [4.78, 5) is 0. The van der Waals surface area contributed by atoms with Crippen molar-refractivity contribution < 1.29 is 4.74 Å². The van der Waals surface area contributed by atoms with Crippen LogP contribution in [0.1, 0.15) is 12.5 Å². The second-order valence-corrected chi connectivity index (χ2v) is 5.74. The number of halogens is 2. The van der Waals surface area contributed by atoms with Crippen molar-refractivity contribution in [2.45, 2.75) is 20.0 Å². The lowest BCUT2D eigenvalue weighted by molar-refractivity contribution is 0.409. The van der Waals surface area contributed by atoms with Crippen molar-refractivity contribution in [2.24, 2.45) is 0 Å². The number of benzene rings is 1. The zero-order chi connectivity index (χ0) is 13.8. The van der Waals surface area contributed by atoms with E-state index in [0.29, 0.717) is 0 Å². The van der Waals surface area contributed by atoms with Crippen LogP contribution in [0.25, 0.3) is 0 Å². The van der Waals surface area contributed by atoms with E-state index < -0.39 is 0 Å². The Morgan fingerprint density at radius 3 is 2.53 bits per heavy atom. The lowest BCUT2D eigenvalue weighted by atomic mass is 10.2. The quantitative estimate of drug-likeness (QED) is 0.839. The molecule has 6 heteroatoms. The standard InChI is InChI=1S/C13H15Br2N3O/c1-3-18-8-10(7-17-18)16-6-9-4-11(14)13(19-2)12(15)5-9/h4-5,7-8,16H,3,6H2,1-2H3. The van der Waals surface area contributed by atoms with Gasteiger partial charge in [0, 0.05) is 19.3 Å². The fourth-order valence-corrected chi connectivity index (χ4v) is 3.35. The molecular formula is C13H15Br2N3O. The smallest absolute Gasteiger partial charge is 0.147 e. The van der Waals surface area contributed by atoms with E-state index in [9.17, 15) is 0 Å². The SMILES string of the molecule is CCn1cc(NCc2cc(Br)c(OC)c(Br)c2)cn1. The highest BCUT2D eigenvalue weighted by Gasteiger charge is 2.07. The van der Waals surface area contributed by atoms with Gasteiger partial charge in [-0.15, -0.1) is 0 Å². The minimum absolute atomic E-state index is 0.733. The molecule has 2 rings (SSSR count). The first-order valence-corrected chi connectivity index (χ1v) is 7.51. The number of hydrogen-bond donors (Lipinski definition) is 1. The topological polar surface area (TPSA) is 39.1 Å². The minimum Gasteiger partial charge on any atom is -0.494 e. The number of nitrogens with one attached hydrogen (secondary N) is 1. The van der Waals surface area contributed by atoms with Crippen LogP contribution in [0, 0.1) is 0 Å². The normalized spacial score (nSPS) is 10.5. The molecule has 4 nitrogen and oxygen atoms in total. The highest BCUT2D eigenvalue weighted by atomic mass is 79.9. The average Bonchev–Trinajstić information content (AvgIpc) is 2.84. The van der Waals surface area contributed by atoms with Gasteiger partial charge in [0.25, 0.3) is 0 Å². The van der Waals surface area contributed by atoms with Gasteiger partial charge in [0.1, 0.15) is 5.75 Å². The van der Waals surface area contributed by atoms with E-state index in [1.807, 2.05) is 29.2 Å². The number of ether oxygens (including phenoxy) is 1. The highest BCUT2D eigenvalue weighted by Crippen LogP contribution is 2.34. The predicted octanol–water partition coefficient (Wildman–Crippen LogP) is 4.05.